The number of nitrogens with one attached hydrogen (secondary N) is 1. The number of ether oxygens (including phenoxy) is 1. The Balaban J connectivity index is 1.62. The second kappa shape index (κ2) is 11.0. The number of benzene rings is 2. The molecule has 0 fully saturated rings. The number of nitrogens with zero attached hydrogens (tertiary/aromatic N) is 2. The molecular weight excluding hydrogens is 458 g/mol. The van der Waals surface area contributed by atoms with Crippen molar-refractivity contribution in [3.63, 3.8) is 0 Å². The summed E-state index contributed by atoms with van der Waals surface area (Å²) in [5, 5.41) is 5.72. The molecule has 7 heteroatoms. The smallest absolute Gasteiger partial charge is 0.338 e. The normalized spacial score (nSPS) is 17.2. The lowest BCUT2D eigenvalue weighted by molar-refractivity contribution is -0.139. The van der Waals surface area contributed by atoms with Gasteiger partial charge in [0.05, 0.1) is 30.3 Å². The summed E-state index contributed by atoms with van der Waals surface area (Å²) in [5.74, 6) is -0.0595. The molecule has 35 heavy (non-hydrogen) atoms. The molecule has 0 aliphatic carbocycles. The summed E-state index contributed by atoms with van der Waals surface area (Å²) < 4.78 is 5.42. The number of esters is 1. The predicted molar refractivity (Wildman–Crippen MR) is 140 cm³/mol. The number of hydrogen-bond acceptors (Lipinski definition) is 6. The molecule has 0 radical (unpaired) electrons. The maximum Gasteiger partial charge on any atom is 0.338 e. The van der Waals surface area contributed by atoms with E-state index in [-0.39, 0.29) is 24.9 Å². The van der Waals surface area contributed by atoms with Crippen molar-refractivity contribution in [3.05, 3.63) is 93.7 Å². The zero-order valence-electron chi connectivity index (χ0n) is 20.6. The van der Waals surface area contributed by atoms with E-state index in [0.29, 0.717) is 23.7 Å². The molecule has 1 amide bonds. The number of carbonyl (C=O) groups excluding carboxylic acids is 2. The molecule has 0 aromatic heterocycles. The fourth-order valence-electron chi connectivity index (χ4n) is 4.24. The fourth-order valence-corrected chi connectivity index (χ4v) is 5.21. The second-order valence-electron chi connectivity index (χ2n) is 8.87. The Morgan fingerprint density at radius 1 is 1.11 bits per heavy atom. The second-order valence-corrected chi connectivity index (χ2v) is 9.71. The standard InChI is InChI=1S/C28H31N3O3S/c1-5-34-27(33)25-19(4)30-28-31(26(25)22-13-11-21(12-14-22)18(2)3)23(17-35-28)15-24(32)29-16-20-9-7-6-8-10-20/h6-14,17-18,26H,5,15-16H2,1-4H3,(H,29,32)/t26-/m1/s1. The molecule has 0 spiro atoms. The summed E-state index contributed by atoms with van der Waals surface area (Å²) in [7, 11) is 0. The van der Waals surface area contributed by atoms with Crippen LogP contribution in [0.25, 0.3) is 0 Å². The van der Waals surface area contributed by atoms with E-state index in [1.165, 1.54) is 17.3 Å². The molecule has 0 unspecified atom stereocenters. The van der Waals surface area contributed by atoms with Crippen LogP contribution in [0.2, 0.25) is 0 Å². The van der Waals surface area contributed by atoms with Gasteiger partial charge in [-0.1, -0.05) is 80.2 Å². The Hall–Kier alpha value is -3.32. The van der Waals surface area contributed by atoms with Gasteiger partial charge in [0.1, 0.15) is 0 Å². The van der Waals surface area contributed by atoms with Gasteiger partial charge in [-0.25, -0.2) is 9.79 Å². The number of fused-ring (bicyclic) bond motifs is 1. The minimum atomic E-state index is -0.411. The zero-order valence-corrected chi connectivity index (χ0v) is 21.4. The number of hydrogen-bond donors (Lipinski definition) is 1. The third-order valence-electron chi connectivity index (χ3n) is 6.09. The molecule has 2 aromatic rings. The number of thioether (sulfide) groups is 1. The third kappa shape index (κ3) is 5.51. The molecular formula is C28H31N3O3S. The van der Waals surface area contributed by atoms with Gasteiger partial charge in [0.25, 0.3) is 0 Å². The van der Waals surface area contributed by atoms with Crippen molar-refractivity contribution < 1.29 is 14.3 Å². The first-order chi connectivity index (χ1) is 16.9. The largest absolute Gasteiger partial charge is 0.463 e. The lowest BCUT2D eigenvalue weighted by atomic mass is 9.92. The fraction of sp³-hybridized carbons (Fsp3) is 0.321. The van der Waals surface area contributed by atoms with Gasteiger partial charge in [-0.15, -0.1) is 0 Å². The molecule has 2 aliphatic rings. The highest BCUT2D eigenvalue weighted by Crippen LogP contribution is 2.45. The lowest BCUT2D eigenvalue weighted by Gasteiger charge is -2.36. The number of allylic oxidation sites excluding steroid dienone is 1. The monoisotopic (exact) mass is 489 g/mol. The minimum absolute atomic E-state index is 0.0835. The molecule has 4 rings (SSSR count). The summed E-state index contributed by atoms with van der Waals surface area (Å²) in [6, 6.07) is 17.7. The number of amides is 1. The maximum atomic E-state index is 13.1. The van der Waals surface area contributed by atoms with Gasteiger partial charge in [-0.05, 0) is 41.9 Å². The van der Waals surface area contributed by atoms with Crippen LogP contribution in [0.4, 0.5) is 0 Å². The number of rotatable bonds is 8. The van der Waals surface area contributed by atoms with E-state index in [2.05, 4.69) is 43.4 Å². The molecule has 2 heterocycles. The van der Waals surface area contributed by atoms with E-state index >= 15 is 0 Å². The van der Waals surface area contributed by atoms with Crippen LogP contribution in [0.3, 0.4) is 0 Å². The average molecular weight is 490 g/mol. The number of aliphatic imine (C=N–C) groups is 1. The van der Waals surface area contributed by atoms with Gasteiger partial charge >= 0.3 is 5.97 Å². The number of carbonyl (C=O) groups is 2. The van der Waals surface area contributed by atoms with Crippen LogP contribution in [0.1, 0.15) is 62.8 Å². The van der Waals surface area contributed by atoms with Crippen LogP contribution in [-0.4, -0.2) is 28.6 Å². The van der Waals surface area contributed by atoms with Crippen molar-refractivity contribution >= 4 is 28.8 Å². The van der Waals surface area contributed by atoms with E-state index in [0.717, 1.165) is 22.0 Å². The summed E-state index contributed by atoms with van der Waals surface area (Å²) in [4.78, 5) is 32.6. The first-order valence-corrected chi connectivity index (χ1v) is 12.8. The lowest BCUT2D eigenvalue weighted by Crippen LogP contribution is -2.38. The van der Waals surface area contributed by atoms with Crippen molar-refractivity contribution in [2.45, 2.75) is 52.6 Å². The first-order valence-electron chi connectivity index (χ1n) is 11.9. The summed E-state index contributed by atoms with van der Waals surface area (Å²) >= 11 is 1.48. The first kappa shape index (κ1) is 24.8. The highest BCUT2D eigenvalue weighted by molar-refractivity contribution is 8.16. The Kier molecular flexibility index (Phi) is 7.76. The predicted octanol–water partition coefficient (Wildman–Crippen LogP) is 5.65. The van der Waals surface area contributed by atoms with E-state index in [1.807, 2.05) is 47.6 Å². The van der Waals surface area contributed by atoms with E-state index < -0.39 is 6.04 Å². The van der Waals surface area contributed by atoms with Gasteiger partial charge < -0.3 is 15.0 Å². The topological polar surface area (TPSA) is 71.0 Å². The van der Waals surface area contributed by atoms with Crippen molar-refractivity contribution in [1.82, 2.24) is 10.2 Å². The number of amidine groups is 1. The Bertz CT molecular complexity index is 1180. The highest BCUT2D eigenvalue weighted by Gasteiger charge is 2.41. The molecule has 182 valence electrons. The van der Waals surface area contributed by atoms with Crippen molar-refractivity contribution in [3.8, 4) is 0 Å². The zero-order chi connectivity index (χ0) is 24.9. The quantitative estimate of drug-likeness (QED) is 0.485. The van der Waals surface area contributed by atoms with Crippen LogP contribution < -0.4 is 5.32 Å². The van der Waals surface area contributed by atoms with Gasteiger partial charge in [0, 0.05) is 12.2 Å². The molecule has 0 saturated heterocycles. The highest BCUT2D eigenvalue weighted by atomic mass is 32.2. The van der Waals surface area contributed by atoms with Crippen LogP contribution in [0.15, 0.2) is 82.0 Å². The Labute approximate surface area is 211 Å². The Morgan fingerprint density at radius 2 is 1.83 bits per heavy atom. The van der Waals surface area contributed by atoms with Gasteiger partial charge in [-0.2, -0.15) is 0 Å². The van der Waals surface area contributed by atoms with Gasteiger partial charge in [0.2, 0.25) is 5.91 Å². The minimum Gasteiger partial charge on any atom is -0.463 e. The molecule has 0 saturated carbocycles. The molecule has 2 aliphatic heterocycles. The molecule has 6 nitrogen and oxygen atoms in total. The molecule has 0 bridgehead atoms. The summed E-state index contributed by atoms with van der Waals surface area (Å²) in [6.07, 6.45) is 0.189. The van der Waals surface area contributed by atoms with Crippen molar-refractivity contribution in [1.29, 1.82) is 0 Å². The summed E-state index contributed by atoms with van der Waals surface area (Å²) in [6.45, 7) is 8.70. The molecule has 1 N–H and O–H groups in total. The molecule has 1 atom stereocenters. The van der Waals surface area contributed by atoms with E-state index in [1.54, 1.807) is 6.92 Å². The van der Waals surface area contributed by atoms with Crippen LogP contribution in [-0.2, 0) is 20.9 Å². The van der Waals surface area contributed by atoms with Crippen LogP contribution in [0, 0.1) is 0 Å². The van der Waals surface area contributed by atoms with Gasteiger partial charge in [0.15, 0.2) is 5.17 Å². The third-order valence-corrected chi connectivity index (χ3v) is 6.98. The van der Waals surface area contributed by atoms with Crippen LogP contribution >= 0.6 is 11.8 Å². The van der Waals surface area contributed by atoms with Crippen molar-refractivity contribution in [2.24, 2.45) is 4.99 Å². The van der Waals surface area contributed by atoms with E-state index in [4.69, 9.17) is 9.73 Å². The summed E-state index contributed by atoms with van der Waals surface area (Å²) in [5.41, 5.74) is 5.19. The van der Waals surface area contributed by atoms with Gasteiger partial charge in [-0.3, -0.25) is 4.79 Å². The van der Waals surface area contributed by atoms with Crippen molar-refractivity contribution in [2.75, 3.05) is 6.61 Å². The Morgan fingerprint density at radius 3 is 2.49 bits per heavy atom. The molecule has 2 aromatic carbocycles. The van der Waals surface area contributed by atoms with Crippen LogP contribution in [0.5, 0.6) is 0 Å². The average Bonchev–Trinajstić information content (AvgIpc) is 3.24. The maximum absolute atomic E-state index is 13.1. The SMILES string of the molecule is CCOC(=O)C1=C(C)N=C2SC=C(CC(=O)NCc3ccccc3)N2[C@@H]1c1ccc(C(C)C)cc1. The van der Waals surface area contributed by atoms with E-state index in [9.17, 15) is 9.59 Å².